The summed E-state index contributed by atoms with van der Waals surface area (Å²) in [7, 11) is 5.32. The molecular weight excluding hydrogens is 292 g/mol. The molecule has 0 aromatic heterocycles. The number of rotatable bonds is 3. The molecule has 1 aliphatic rings. The zero-order valence-electron chi connectivity index (χ0n) is 14.4. The summed E-state index contributed by atoms with van der Waals surface area (Å²) in [5.74, 6) is 0.0728. The fourth-order valence-corrected chi connectivity index (χ4v) is 2.80. The molecule has 1 atom stereocenters. The topological polar surface area (TPSA) is 47.1 Å². The van der Waals surface area contributed by atoms with Crippen molar-refractivity contribution in [2.75, 3.05) is 52.2 Å². The van der Waals surface area contributed by atoms with Crippen molar-refractivity contribution in [3.05, 3.63) is 30.3 Å². The lowest BCUT2D eigenvalue weighted by atomic mass is 10.2. The summed E-state index contributed by atoms with van der Waals surface area (Å²) >= 11 is 0. The summed E-state index contributed by atoms with van der Waals surface area (Å²) in [6, 6.07) is 9.48. The van der Waals surface area contributed by atoms with Crippen LogP contribution in [0.25, 0.3) is 0 Å². The van der Waals surface area contributed by atoms with E-state index in [9.17, 15) is 9.59 Å². The molecule has 1 aromatic carbocycles. The van der Waals surface area contributed by atoms with Crippen LogP contribution in [0.4, 0.5) is 10.5 Å². The van der Waals surface area contributed by atoms with Gasteiger partial charge in [-0.2, -0.15) is 0 Å². The third-order valence-corrected chi connectivity index (χ3v) is 4.35. The Bertz CT molecular complexity index is 539. The van der Waals surface area contributed by atoms with Crippen LogP contribution in [-0.4, -0.2) is 80.0 Å². The van der Waals surface area contributed by atoms with Crippen LogP contribution in [0.3, 0.4) is 0 Å². The number of hydrogen-bond acceptors (Lipinski definition) is 3. The van der Waals surface area contributed by atoms with Crippen LogP contribution in [-0.2, 0) is 4.79 Å². The number of anilines is 1. The Kier molecular flexibility index (Phi) is 5.60. The van der Waals surface area contributed by atoms with Gasteiger partial charge in [0.25, 0.3) is 0 Å². The Morgan fingerprint density at radius 1 is 1.00 bits per heavy atom. The summed E-state index contributed by atoms with van der Waals surface area (Å²) < 4.78 is 0. The molecule has 1 aromatic rings. The van der Waals surface area contributed by atoms with Gasteiger partial charge in [-0.15, -0.1) is 0 Å². The highest BCUT2D eigenvalue weighted by atomic mass is 16.2. The maximum absolute atomic E-state index is 12.7. The lowest BCUT2D eigenvalue weighted by Gasteiger charge is -2.39. The number of hydrogen-bond donors (Lipinski definition) is 0. The van der Waals surface area contributed by atoms with Gasteiger partial charge in [-0.05, 0) is 19.1 Å². The number of urea groups is 1. The monoisotopic (exact) mass is 318 g/mol. The van der Waals surface area contributed by atoms with E-state index in [1.807, 2.05) is 42.2 Å². The molecule has 1 fully saturated rings. The van der Waals surface area contributed by atoms with Gasteiger partial charge in [0.1, 0.15) is 0 Å². The second-order valence-electron chi connectivity index (χ2n) is 6.11. The van der Waals surface area contributed by atoms with Crippen LogP contribution >= 0.6 is 0 Å². The molecule has 3 amide bonds. The molecule has 6 heteroatoms. The molecular formula is C17H26N4O2. The van der Waals surface area contributed by atoms with Crippen molar-refractivity contribution in [1.82, 2.24) is 14.7 Å². The quantitative estimate of drug-likeness (QED) is 0.845. The number of likely N-dealkylation sites (N-methyl/N-ethyl adjacent to an activating group) is 1. The summed E-state index contributed by atoms with van der Waals surface area (Å²) in [5, 5.41) is 0. The van der Waals surface area contributed by atoms with Gasteiger partial charge in [0, 0.05) is 53.0 Å². The molecule has 1 unspecified atom stereocenters. The highest BCUT2D eigenvalue weighted by molar-refractivity contribution is 5.96. The highest BCUT2D eigenvalue weighted by Gasteiger charge is 2.29. The van der Waals surface area contributed by atoms with E-state index in [4.69, 9.17) is 0 Å². The van der Waals surface area contributed by atoms with Gasteiger partial charge in [0.15, 0.2) is 0 Å². The second kappa shape index (κ2) is 7.46. The summed E-state index contributed by atoms with van der Waals surface area (Å²) in [5.41, 5.74) is 0.894. The zero-order valence-corrected chi connectivity index (χ0v) is 14.4. The van der Waals surface area contributed by atoms with Crippen LogP contribution in [0.5, 0.6) is 0 Å². The Morgan fingerprint density at radius 3 is 2.09 bits per heavy atom. The van der Waals surface area contributed by atoms with Gasteiger partial charge in [0.05, 0.1) is 6.04 Å². The molecule has 0 spiro atoms. The lowest BCUT2D eigenvalue weighted by molar-refractivity contribution is -0.123. The van der Waals surface area contributed by atoms with Crippen molar-refractivity contribution in [2.45, 2.75) is 13.0 Å². The van der Waals surface area contributed by atoms with Crippen molar-refractivity contribution >= 4 is 17.6 Å². The molecule has 23 heavy (non-hydrogen) atoms. The number of para-hydroxylation sites is 1. The predicted octanol–water partition coefficient (Wildman–Crippen LogP) is 1.34. The molecule has 1 saturated heterocycles. The first kappa shape index (κ1) is 17.3. The predicted molar refractivity (Wildman–Crippen MR) is 91.5 cm³/mol. The Hall–Kier alpha value is -2.08. The highest BCUT2D eigenvalue weighted by Crippen LogP contribution is 2.15. The molecule has 0 radical (unpaired) electrons. The molecule has 0 aliphatic carbocycles. The van der Waals surface area contributed by atoms with Crippen LogP contribution in [0.1, 0.15) is 6.92 Å². The van der Waals surface area contributed by atoms with Crippen LogP contribution in [0.15, 0.2) is 30.3 Å². The molecule has 0 saturated carbocycles. The first-order chi connectivity index (χ1) is 10.9. The molecule has 0 bridgehead atoms. The van der Waals surface area contributed by atoms with Gasteiger partial charge in [-0.1, -0.05) is 18.2 Å². The van der Waals surface area contributed by atoms with E-state index >= 15 is 0 Å². The van der Waals surface area contributed by atoms with E-state index < -0.39 is 0 Å². The Labute approximate surface area is 138 Å². The largest absolute Gasteiger partial charge is 0.331 e. The molecule has 0 N–H and O–H groups in total. The minimum Gasteiger partial charge on any atom is -0.331 e. The number of piperazine rings is 1. The van der Waals surface area contributed by atoms with Gasteiger partial charge >= 0.3 is 6.03 Å². The number of carbonyl (C=O) groups excluding carboxylic acids is 2. The van der Waals surface area contributed by atoms with Crippen molar-refractivity contribution in [2.24, 2.45) is 0 Å². The van der Waals surface area contributed by atoms with Crippen molar-refractivity contribution < 1.29 is 9.59 Å². The van der Waals surface area contributed by atoms with Gasteiger partial charge in [0.2, 0.25) is 5.91 Å². The molecule has 126 valence electrons. The molecule has 1 aliphatic heterocycles. The lowest BCUT2D eigenvalue weighted by Crippen LogP contribution is -2.56. The summed E-state index contributed by atoms with van der Waals surface area (Å²) in [6.45, 7) is 4.68. The van der Waals surface area contributed by atoms with Gasteiger partial charge < -0.3 is 14.7 Å². The average molecular weight is 318 g/mol. The summed E-state index contributed by atoms with van der Waals surface area (Å²) in [4.78, 5) is 31.9. The minimum absolute atomic E-state index is 0.0324. The van der Waals surface area contributed by atoms with E-state index in [0.717, 1.165) is 18.8 Å². The third kappa shape index (κ3) is 4.01. The SMILES string of the molecule is CC(C(=O)N(C)c1ccccc1)N1CCN(C(=O)N(C)C)CC1. The van der Waals surface area contributed by atoms with E-state index in [1.165, 1.54) is 0 Å². The van der Waals surface area contributed by atoms with Crippen molar-refractivity contribution in [3.8, 4) is 0 Å². The number of carbonyl (C=O) groups is 2. The standard InChI is InChI=1S/C17H26N4O2/c1-14(16(22)19(4)15-8-6-5-7-9-15)20-10-12-21(13-11-20)17(23)18(2)3/h5-9,14H,10-13H2,1-4H3. The Balaban J connectivity index is 1.93. The fourth-order valence-electron chi connectivity index (χ4n) is 2.80. The Morgan fingerprint density at radius 2 is 1.57 bits per heavy atom. The summed E-state index contributed by atoms with van der Waals surface area (Å²) in [6.07, 6.45) is 0. The van der Waals surface area contributed by atoms with Crippen LogP contribution in [0.2, 0.25) is 0 Å². The average Bonchev–Trinajstić information content (AvgIpc) is 2.60. The van der Waals surface area contributed by atoms with Crippen molar-refractivity contribution in [1.29, 1.82) is 0 Å². The second-order valence-corrected chi connectivity index (χ2v) is 6.11. The van der Waals surface area contributed by atoms with E-state index in [2.05, 4.69) is 4.90 Å². The number of amides is 3. The van der Waals surface area contributed by atoms with E-state index in [-0.39, 0.29) is 18.0 Å². The third-order valence-electron chi connectivity index (χ3n) is 4.35. The first-order valence-electron chi connectivity index (χ1n) is 7.94. The molecule has 1 heterocycles. The van der Waals surface area contributed by atoms with Gasteiger partial charge in [-0.25, -0.2) is 4.79 Å². The van der Waals surface area contributed by atoms with Crippen molar-refractivity contribution in [3.63, 3.8) is 0 Å². The smallest absolute Gasteiger partial charge is 0.319 e. The molecule has 6 nitrogen and oxygen atoms in total. The van der Waals surface area contributed by atoms with E-state index in [0.29, 0.717) is 13.1 Å². The van der Waals surface area contributed by atoms with Crippen LogP contribution in [0, 0.1) is 0 Å². The van der Waals surface area contributed by atoms with Crippen LogP contribution < -0.4 is 4.90 Å². The zero-order chi connectivity index (χ0) is 17.0. The van der Waals surface area contributed by atoms with E-state index in [1.54, 1.807) is 30.9 Å². The normalized spacial score (nSPS) is 16.8. The first-order valence-corrected chi connectivity index (χ1v) is 7.94. The van der Waals surface area contributed by atoms with Gasteiger partial charge in [-0.3, -0.25) is 9.69 Å². The maximum atomic E-state index is 12.7. The fraction of sp³-hybridized carbons (Fsp3) is 0.529. The number of nitrogens with zero attached hydrogens (tertiary/aromatic N) is 4. The minimum atomic E-state index is -0.197. The number of benzene rings is 1. The maximum Gasteiger partial charge on any atom is 0.319 e. The molecule has 2 rings (SSSR count).